The van der Waals surface area contributed by atoms with Crippen LogP contribution in [0.3, 0.4) is 0 Å². The number of nitrogens with zero attached hydrogens (tertiary/aromatic N) is 2. The maximum absolute atomic E-state index is 12.7. The summed E-state index contributed by atoms with van der Waals surface area (Å²) in [5.74, 6) is -0.664. The molecule has 2 aromatic rings. The minimum absolute atomic E-state index is 0.0274. The summed E-state index contributed by atoms with van der Waals surface area (Å²) >= 11 is 0. The Balaban J connectivity index is 2.37. The molecule has 0 saturated carbocycles. The molecule has 0 saturated heterocycles. The highest BCUT2D eigenvalue weighted by Crippen LogP contribution is 2.33. The predicted octanol–water partition coefficient (Wildman–Crippen LogP) is 3.21. The fourth-order valence-electron chi connectivity index (χ4n) is 2.54. The van der Waals surface area contributed by atoms with Gasteiger partial charge in [-0.15, -0.1) is 0 Å². The van der Waals surface area contributed by atoms with Crippen molar-refractivity contribution in [2.45, 2.75) is 26.3 Å². The maximum Gasteiger partial charge on any atom is 0.412 e. The van der Waals surface area contributed by atoms with Gasteiger partial charge >= 0.3 is 11.8 Å². The van der Waals surface area contributed by atoms with Crippen LogP contribution in [0, 0.1) is 10.1 Å². The van der Waals surface area contributed by atoms with Crippen molar-refractivity contribution < 1.29 is 19.2 Å². The molecular weight excluding hydrogens is 366 g/mol. The molecule has 4 N–H and O–H groups in total. The van der Waals surface area contributed by atoms with E-state index in [9.17, 15) is 19.7 Å². The topological polar surface area (TPSA) is 149 Å². The van der Waals surface area contributed by atoms with Crippen LogP contribution in [-0.2, 0) is 4.74 Å². The average Bonchev–Trinajstić information content (AvgIpc) is 2.65. The highest BCUT2D eigenvalue weighted by molar-refractivity contribution is 6.02. The lowest BCUT2D eigenvalue weighted by Crippen LogP contribution is -2.29. The van der Waals surface area contributed by atoms with E-state index >= 15 is 0 Å². The number of ether oxygens (including phenoxy) is 1. The van der Waals surface area contributed by atoms with Gasteiger partial charge < -0.3 is 15.8 Å². The standard InChI is InChI=1S/C18H21N5O5/c1-3-12(16(24)11-8-6-5-7-9-11)20-13-10-14(22-18(25)28-4-2)21-17(19)15(13)23(26)27/h5-10,12H,3-4H2,1-2H3,(H4,19,20,21,22,25). The molecule has 10 nitrogen and oxygen atoms in total. The first-order valence-corrected chi connectivity index (χ1v) is 8.61. The molecule has 0 aliphatic rings. The average molecular weight is 387 g/mol. The monoisotopic (exact) mass is 387 g/mol. The Morgan fingerprint density at radius 1 is 1.29 bits per heavy atom. The molecule has 1 atom stereocenters. The minimum atomic E-state index is -0.776. The Hall–Kier alpha value is -3.69. The third kappa shape index (κ3) is 4.93. The van der Waals surface area contributed by atoms with E-state index in [0.717, 1.165) is 0 Å². The summed E-state index contributed by atoms with van der Waals surface area (Å²) in [6, 6.07) is 9.07. The molecule has 148 valence electrons. The normalized spacial score (nSPS) is 11.4. The van der Waals surface area contributed by atoms with Crippen molar-refractivity contribution in [2.75, 3.05) is 23.0 Å². The van der Waals surface area contributed by atoms with Crippen LogP contribution in [0.5, 0.6) is 0 Å². The molecule has 0 aliphatic carbocycles. The van der Waals surface area contributed by atoms with Gasteiger partial charge in [0, 0.05) is 11.6 Å². The Kier molecular flexibility index (Phi) is 6.85. The lowest BCUT2D eigenvalue weighted by Gasteiger charge is -2.18. The van der Waals surface area contributed by atoms with E-state index in [2.05, 4.69) is 15.6 Å². The number of aromatic nitrogens is 1. The van der Waals surface area contributed by atoms with Crippen LogP contribution in [0.25, 0.3) is 0 Å². The number of ketones is 1. The molecule has 28 heavy (non-hydrogen) atoms. The van der Waals surface area contributed by atoms with E-state index in [4.69, 9.17) is 10.5 Å². The van der Waals surface area contributed by atoms with Crippen LogP contribution in [0.4, 0.5) is 27.8 Å². The Labute approximate surface area is 161 Å². The first-order chi connectivity index (χ1) is 13.4. The summed E-state index contributed by atoms with van der Waals surface area (Å²) in [7, 11) is 0. The van der Waals surface area contributed by atoms with Crippen LogP contribution < -0.4 is 16.4 Å². The predicted molar refractivity (Wildman–Crippen MR) is 104 cm³/mol. The molecule has 0 fully saturated rings. The van der Waals surface area contributed by atoms with E-state index in [-0.39, 0.29) is 23.9 Å². The number of carbonyl (C=O) groups is 2. The van der Waals surface area contributed by atoms with Crippen LogP contribution in [0.1, 0.15) is 30.6 Å². The molecular formula is C18H21N5O5. The molecule has 0 bridgehead atoms. The van der Waals surface area contributed by atoms with Crippen molar-refractivity contribution in [3.05, 3.63) is 52.1 Å². The van der Waals surface area contributed by atoms with Gasteiger partial charge in [-0.2, -0.15) is 0 Å². The molecule has 1 amide bonds. The quantitative estimate of drug-likeness (QED) is 0.355. The number of rotatable bonds is 8. The molecule has 10 heteroatoms. The van der Waals surface area contributed by atoms with Gasteiger partial charge in [0.25, 0.3) is 0 Å². The molecule has 1 heterocycles. The second kappa shape index (κ2) is 9.31. The van der Waals surface area contributed by atoms with Gasteiger partial charge in [-0.05, 0) is 13.3 Å². The molecule has 0 radical (unpaired) electrons. The van der Waals surface area contributed by atoms with E-state index in [1.54, 1.807) is 44.2 Å². The zero-order valence-electron chi connectivity index (χ0n) is 15.5. The molecule has 1 aromatic heterocycles. The third-order valence-electron chi connectivity index (χ3n) is 3.82. The third-order valence-corrected chi connectivity index (χ3v) is 3.82. The number of carbonyl (C=O) groups excluding carboxylic acids is 2. The lowest BCUT2D eigenvalue weighted by atomic mass is 10.0. The summed E-state index contributed by atoms with van der Waals surface area (Å²) in [6.45, 7) is 3.54. The zero-order valence-corrected chi connectivity index (χ0v) is 15.5. The molecule has 1 unspecified atom stereocenters. The maximum atomic E-state index is 12.7. The molecule has 2 rings (SSSR count). The molecule has 0 spiro atoms. The highest BCUT2D eigenvalue weighted by Gasteiger charge is 2.26. The Morgan fingerprint density at radius 2 is 1.96 bits per heavy atom. The lowest BCUT2D eigenvalue weighted by molar-refractivity contribution is -0.383. The number of Topliss-reactive ketones (excluding diaryl/α,β-unsaturated/α-hetero) is 1. The van der Waals surface area contributed by atoms with Gasteiger partial charge in [-0.1, -0.05) is 37.3 Å². The van der Waals surface area contributed by atoms with Crippen LogP contribution in [0.2, 0.25) is 0 Å². The van der Waals surface area contributed by atoms with Gasteiger partial charge in [-0.3, -0.25) is 20.2 Å². The Morgan fingerprint density at radius 3 is 2.54 bits per heavy atom. The fraction of sp³-hybridized carbons (Fsp3) is 0.278. The number of benzene rings is 1. The second-order valence-electron chi connectivity index (χ2n) is 5.73. The first kappa shape index (κ1) is 20.6. The van der Waals surface area contributed by atoms with E-state index < -0.39 is 28.6 Å². The van der Waals surface area contributed by atoms with E-state index in [0.29, 0.717) is 12.0 Å². The fourth-order valence-corrected chi connectivity index (χ4v) is 2.54. The summed E-state index contributed by atoms with van der Waals surface area (Å²) in [5.41, 5.74) is 5.67. The second-order valence-corrected chi connectivity index (χ2v) is 5.73. The summed E-state index contributed by atoms with van der Waals surface area (Å²) in [6.07, 6.45) is -0.407. The SMILES string of the molecule is CCOC(=O)Nc1cc(NC(CC)C(=O)c2ccccc2)c([N+](=O)[O-])c(N)n1. The van der Waals surface area contributed by atoms with Gasteiger partial charge in [0.05, 0.1) is 17.6 Å². The van der Waals surface area contributed by atoms with Crippen molar-refractivity contribution in [3.63, 3.8) is 0 Å². The van der Waals surface area contributed by atoms with E-state index in [1.165, 1.54) is 6.07 Å². The number of nitrogen functional groups attached to an aromatic ring is 1. The number of nitro groups is 1. The van der Waals surface area contributed by atoms with Crippen molar-refractivity contribution in [3.8, 4) is 0 Å². The summed E-state index contributed by atoms with van der Waals surface area (Å²) in [4.78, 5) is 38.9. The number of nitrogens with one attached hydrogen (secondary N) is 2. The van der Waals surface area contributed by atoms with Gasteiger partial charge in [0.1, 0.15) is 11.5 Å². The molecule has 0 aliphatic heterocycles. The number of anilines is 3. The van der Waals surface area contributed by atoms with Crippen LogP contribution >= 0.6 is 0 Å². The minimum Gasteiger partial charge on any atom is -0.450 e. The van der Waals surface area contributed by atoms with Crippen molar-refractivity contribution in [2.24, 2.45) is 0 Å². The zero-order chi connectivity index (χ0) is 20.7. The van der Waals surface area contributed by atoms with E-state index in [1.807, 2.05) is 0 Å². The van der Waals surface area contributed by atoms with Gasteiger partial charge in [0.15, 0.2) is 5.78 Å². The van der Waals surface area contributed by atoms with Crippen molar-refractivity contribution >= 4 is 34.9 Å². The number of nitrogens with two attached hydrogens (primary N) is 1. The Bertz CT molecular complexity index is 872. The van der Waals surface area contributed by atoms with Crippen molar-refractivity contribution in [1.29, 1.82) is 0 Å². The largest absolute Gasteiger partial charge is 0.450 e. The van der Waals surface area contributed by atoms with Crippen molar-refractivity contribution in [1.82, 2.24) is 4.98 Å². The first-order valence-electron chi connectivity index (χ1n) is 8.61. The number of hydrogen-bond donors (Lipinski definition) is 3. The summed E-state index contributed by atoms with van der Waals surface area (Å²) in [5, 5.41) is 16.6. The van der Waals surface area contributed by atoms with Crippen LogP contribution in [0.15, 0.2) is 36.4 Å². The molecule has 1 aromatic carbocycles. The number of pyridine rings is 1. The number of hydrogen-bond acceptors (Lipinski definition) is 8. The summed E-state index contributed by atoms with van der Waals surface area (Å²) < 4.78 is 4.76. The number of amides is 1. The smallest absolute Gasteiger partial charge is 0.412 e. The van der Waals surface area contributed by atoms with Crippen LogP contribution in [-0.4, -0.2) is 34.4 Å². The van der Waals surface area contributed by atoms with Gasteiger partial charge in [0.2, 0.25) is 5.82 Å². The van der Waals surface area contributed by atoms with Gasteiger partial charge in [-0.25, -0.2) is 9.78 Å². The highest BCUT2D eigenvalue weighted by atomic mass is 16.6.